The zero-order chi connectivity index (χ0) is 13.0. The third-order valence-electron chi connectivity index (χ3n) is 2.58. The molecule has 0 aliphatic rings. The molecule has 0 heterocycles. The van der Waals surface area contributed by atoms with Crippen molar-refractivity contribution in [2.75, 3.05) is 7.11 Å². The molecule has 0 unspecified atom stereocenters. The van der Waals surface area contributed by atoms with Crippen molar-refractivity contribution in [1.82, 2.24) is 0 Å². The van der Waals surface area contributed by atoms with Gasteiger partial charge in [0, 0.05) is 5.56 Å². The molecule has 0 amide bonds. The Morgan fingerprint density at radius 1 is 1.29 bits per heavy atom. The molecule has 0 spiro atoms. The Bertz CT molecular complexity index is 433. The Kier molecular flexibility index (Phi) is 4.44. The van der Waals surface area contributed by atoms with E-state index in [-0.39, 0.29) is 23.9 Å². The highest BCUT2D eigenvalue weighted by Crippen LogP contribution is 2.27. The van der Waals surface area contributed by atoms with Crippen LogP contribution < -0.4 is 4.74 Å². The van der Waals surface area contributed by atoms with Crippen molar-refractivity contribution in [3.63, 3.8) is 0 Å². The van der Waals surface area contributed by atoms with Crippen LogP contribution in [-0.4, -0.2) is 18.7 Å². The van der Waals surface area contributed by atoms with Crippen molar-refractivity contribution in [3.05, 3.63) is 29.3 Å². The molecule has 0 fully saturated rings. The first-order valence-corrected chi connectivity index (χ1v) is 5.66. The lowest BCUT2D eigenvalue weighted by Crippen LogP contribution is -2.06. The molecule has 3 heteroatoms. The Hall–Kier alpha value is -1.64. The number of hydrogen-bond acceptors (Lipinski definition) is 3. The minimum atomic E-state index is -0.137. The van der Waals surface area contributed by atoms with Crippen molar-refractivity contribution in [1.29, 1.82) is 0 Å². The lowest BCUT2D eigenvalue weighted by molar-refractivity contribution is -0.116. The van der Waals surface area contributed by atoms with Crippen molar-refractivity contribution in [2.24, 2.45) is 0 Å². The van der Waals surface area contributed by atoms with Gasteiger partial charge in [-0.2, -0.15) is 0 Å². The van der Waals surface area contributed by atoms with Crippen LogP contribution in [0.25, 0.3) is 0 Å². The maximum atomic E-state index is 11.8. The number of ketones is 2. The third kappa shape index (κ3) is 3.41. The minimum absolute atomic E-state index is 0.0378. The molecule has 0 aliphatic heterocycles. The van der Waals surface area contributed by atoms with E-state index in [1.54, 1.807) is 19.2 Å². The Labute approximate surface area is 102 Å². The molecule has 1 aromatic rings. The maximum absolute atomic E-state index is 11.8. The van der Waals surface area contributed by atoms with E-state index in [4.69, 9.17) is 4.74 Å². The van der Waals surface area contributed by atoms with Gasteiger partial charge in [-0.05, 0) is 36.6 Å². The second-order valence-electron chi connectivity index (χ2n) is 4.41. The second kappa shape index (κ2) is 5.62. The van der Waals surface area contributed by atoms with E-state index in [2.05, 4.69) is 0 Å². The molecule has 0 radical (unpaired) electrons. The van der Waals surface area contributed by atoms with E-state index >= 15 is 0 Å². The highest BCUT2D eigenvalue weighted by molar-refractivity contribution is 6.07. The van der Waals surface area contributed by atoms with Gasteiger partial charge in [0.15, 0.2) is 5.78 Å². The quantitative estimate of drug-likeness (QED) is 0.581. The van der Waals surface area contributed by atoms with Gasteiger partial charge >= 0.3 is 0 Å². The highest BCUT2D eigenvalue weighted by atomic mass is 16.5. The summed E-state index contributed by atoms with van der Waals surface area (Å²) in [7, 11) is 1.61. The van der Waals surface area contributed by atoms with Crippen LogP contribution in [0.1, 0.15) is 49.0 Å². The van der Waals surface area contributed by atoms with Gasteiger partial charge in [-0.25, -0.2) is 0 Å². The summed E-state index contributed by atoms with van der Waals surface area (Å²) in [5.41, 5.74) is 1.56. The van der Waals surface area contributed by atoms with E-state index < -0.39 is 0 Å². The fraction of sp³-hybridized carbons (Fsp3) is 0.429. The number of methoxy groups -OCH3 is 1. The average Bonchev–Trinajstić information content (AvgIpc) is 2.27. The van der Waals surface area contributed by atoms with Gasteiger partial charge < -0.3 is 4.74 Å². The lowest BCUT2D eigenvalue weighted by Gasteiger charge is -2.12. The van der Waals surface area contributed by atoms with E-state index in [0.717, 1.165) is 11.3 Å². The number of ether oxygens (including phenoxy) is 1. The Morgan fingerprint density at radius 3 is 2.41 bits per heavy atom. The number of benzene rings is 1. The molecule has 3 nitrogen and oxygen atoms in total. The molecule has 1 aromatic carbocycles. The van der Waals surface area contributed by atoms with E-state index in [9.17, 15) is 9.59 Å². The monoisotopic (exact) mass is 234 g/mol. The summed E-state index contributed by atoms with van der Waals surface area (Å²) < 4.78 is 5.24. The molecular weight excluding hydrogens is 216 g/mol. The summed E-state index contributed by atoms with van der Waals surface area (Å²) in [4.78, 5) is 22.7. The number of rotatable bonds is 5. The van der Waals surface area contributed by atoms with Crippen LogP contribution in [0, 0.1) is 0 Å². The summed E-state index contributed by atoms with van der Waals surface area (Å²) in [6.07, 6.45) is -0.0378. The summed E-state index contributed by atoms with van der Waals surface area (Å²) in [5.74, 6) is 0.799. The van der Waals surface area contributed by atoms with E-state index in [0.29, 0.717) is 5.56 Å². The Balaban J connectivity index is 3.07. The van der Waals surface area contributed by atoms with Gasteiger partial charge in [0.2, 0.25) is 0 Å². The fourth-order valence-electron chi connectivity index (χ4n) is 1.69. The van der Waals surface area contributed by atoms with Crippen molar-refractivity contribution in [2.45, 2.75) is 33.1 Å². The van der Waals surface area contributed by atoms with Crippen LogP contribution in [0.15, 0.2) is 18.2 Å². The van der Waals surface area contributed by atoms with Gasteiger partial charge in [0.05, 0.1) is 13.5 Å². The molecule has 0 bridgehead atoms. The van der Waals surface area contributed by atoms with Crippen LogP contribution in [0.5, 0.6) is 5.75 Å². The summed E-state index contributed by atoms with van der Waals surface area (Å²) >= 11 is 0. The molecule has 1 rings (SSSR count). The highest BCUT2D eigenvalue weighted by Gasteiger charge is 2.13. The summed E-state index contributed by atoms with van der Waals surface area (Å²) in [5, 5.41) is 0. The molecular formula is C14H18O3. The van der Waals surface area contributed by atoms with Crippen LogP contribution in [0.4, 0.5) is 0 Å². The number of hydrogen-bond donors (Lipinski definition) is 0. The van der Waals surface area contributed by atoms with Gasteiger partial charge in [-0.15, -0.1) is 0 Å². The zero-order valence-electron chi connectivity index (χ0n) is 10.7. The number of carbonyl (C=O) groups excluding carboxylic acids is 2. The standard InChI is InChI=1S/C14H18O3/c1-9(2)12-8-11(5-6-14(12)17-4)13(16)7-10(3)15/h5-6,8-9H,7H2,1-4H3. The van der Waals surface area contributed by atoms with Crippen molar-refractivity contribution in [3.8, 4) is 5.75 Å². The normalized spacial score (nSPS) is 10.4. The first-order valence-electron chi connectivity index (χ1n) is 5.66. The van der Waals surface area contributed by atoms with Gasteiger partial charge in [-0.3, -0.25) is 9.59 Å². The van der Waals surface area contributed by atoms with E-state index in [1.807, 2.05) is 19.9 Å². The lowest BCUT2D eigenvalue weighted by atomic mass is 9.97. The minimum Gasteiger partial charge on any atom is -0.496 e. The SMILES string of the molecule is COc1ccc(C(=O)CC(C)=O)cc1C(C)C. The average molecular weight is 234 g/mol. The summed E-state index contributed by atoms with van der Waals surface area (Å²) in [6, 6.07) is 5.30. The van der Waals surface area contributed by atoms with Crippen LogP contribution in [0.3, 0.4) is 0 Å². The van der Waals surface area contributed by atoms with Gasteiger partial charge in [0.25, 0.3) is 0 Å². The smallest absolute Gasteiger partial charge is 0.170 e. The van der Waals surface area contributed by atoms with Crippen molar-refractivity contribution >= 4 is 11.6 Å². The second-order valence-corrected chi connectivity index (χ2v) is 4.41. The largest absolute Gasteiger partial charge is 0.496 e. The number of Topliss-reactive ketones (excluding diaryl/α,β-unsaturated/α-hetero) is 2. The maximum Gasteiger partial charge on any atom is 0.170 e. The van der Waals surface area contributed by atoms with Gasteiger partial charge in [-0.1, -0.05) is 13.8 Å². The number of carbonyl (C=O) groups is 2. The molecule has 0 aliphatic carbocycles. The predicted octanol–water partition coefficient (Wildman–Crippen LogP) is 2.98. The molecule has 0 aromatic heterocycles. The topological polar surface area (TPSA) is 43.4 Å². The molecule has 0 N–H and O–H groups in total. The summed E-state index contributed by atoms with van der Waals surface area (Å²) in [6.45, 7) is 5.50. The molecule has 92 valence electrons. The molecule has 0 saturated heterocycles. The Morgan fingerprint density at radius 2 is 1.94 bits per heavy atom. The van der Waals surface area contributed by atoms with Crippen LogP contribution in [-0.2, 0) is 4.79 Å². The first kappa shape index (κ1) is 13.4. The van der Waals surface area contributed by atoms with Crippen LogP contribution >= 0.6 is 0 Å². The van der Waals surface area contributed by atoms with E-state index in [1.165, 1.54) is 6.92 Å². The van der Waals surface area contributed by atoms with Crippen LogP contribution in [0.2, 0.25) is 0 Å². The van der Waals surface area contributed by atoms with Gasteiger partial charge in [0.1, 0.15) is 11.5 Å². The zero-order valence-corrected chi connectivity index (χ0v) is 10.7. The fourth-order valence-corrected chi connectivity index (χ4v) is 1.69. The first-order chi connectivity index (χ1) is 7.95. The van der Waals surface area contributed by atoms with Crippen molar-refractivity contribution < 1.29 is 14.3 Å². The third-order valence-corrected chi connectivity index (χ3v) is 2.58. The molecule has 17 heavy (non-hydrogen) atoms. The molecule has 0 saturated carbocycles. The predicted molar refractivity (Wildman–Crippen MR) is 66.7 cm³/mol. The molecule has 0 atom stereocenters.